The van der Waals surface area contributed by atoms with Crippen molar-refractivity contribution in [3.05, 3.63) is 31.9 Å². The van der Waals surface area contributed by atoms with Crippen molar-refractivity contribution in [2.75, 3.05) is 5.32 Å². The molecule has 0 aliphatic heterocycles. The van der Waals surface area contributed by atoms with E-state index in [2.05, 4.69) is 32.4 Å². The molecule has 4 rings (SSSR count). The van der Waals surface area contributed by atoms with Crippen LogP contribution in [0.15, 0.2) is 4.47 Å². The Morgan fingerprint density at radius 3 is 2.72 bits per heavy atom. The van der Waals surface area contributed by atoms with Gasteiger partial charge in [-0.25, -0.2) is 0 Å². The number of fused-ring (bicyclic) bond motifs is 1. The summed E-state index contributed by atoms with van der Waals surface area (Å²) in [7, 11) is 0. The molecular weight excluding hydrogens is 469 g/mol. The second-order valence-electron chi connectivity index (χ2n) is 7.37. The maximum absolute atomic E-state index is 13.2. The molecule has 0 atom stereocenters. The van der Waals surface area contributed by atoms with E-state index in [0.717, 1.165) is 49.0 Å². The monoisotopic (exact) mass is 486 g/mol. The number of rotatable bonds is 5. The van der Waals surface area contributed by atoms with Crippen molar-refractivity contribution in [2.45, 2.75) is 63.6 Å². The smallest absolute Gasteiger partial charge is 0.317 e. The topological polar surface area (TPSA) is 70.7 Å². The van der Waals surface area contributed by atoms with Gasteiger partial charge in [-0.15, -0.1) is 11.3 Å². The van der Waals surface area contributed by atoms with Crippen LogP contribution in [0.3, 0.4) is 0 Å². The van der Waals surface area contributed by atoms with Crippen LogP contribution < -0.4 is 5.32 Å². The van der Waals surface area contributed by atoms with Crippen LogP contribution in [0.1, 0.15) is 65.4 Å². The van der Waals surface area contributed by atoms with Crippen molar-refractivity contribution < 1.29 is 18.0 Å². The predicted octanol–water partition coefficient (Wildman–Crippen LogP) is 5.38. The molecule has 2 aromatic heterocycles. The molecule has 0 spiro atoms. The maximum atomic E-state index is 13.2. The van der Waals surface area contributed by atoms with Crippen molar-refractivity contribution in [3.63, 3.8) is 0 Å². The van der Waals surface area contributed by atoms with Gasteiger partial charge >= 0.3 is 6.18 Å². The third-order valence-electron chi connectivity index (χ3n) is 5.25. The normalized spacial score (nSPS) is 16.4. The fourth-order valence-corrected chi connectivity index (χ4v) is 5.81. The van der Waals surface area contributed by atoms with E-state index in [1.807, 2.05) is 0 Å². The number of thiophene rings is 1. The molecule has 1 saturated carbocycles. The van der Waals surface area contributed by atoms with Gasteiger partial charge in [0.25, 0.3) is 0 Å². The lowest BCUT2D eigenvalue weighted by Gasteiger charge is -2.09. The average molecular weight is 487 g/mol. The molecule has 2 aromatic rings. The molecule has 2 aliphatic rings. The number of aryl methyl sites for hydroxylation is 2. The molecule has 0 saturated heterocycles. The van der Waals surface area contributed by atoms with E-state index in [4.69, 9.17) is 0 Å². The highest BCUT2D eigenvalue weighted by molar-refractivity contribution is 9.10. The molecule has 0 unspecified atom stereocenters. The number of aromatic nitrogens is 2. The number of hydrogen-bond acceptors (Lipinski definition) is 4. The van der Waals surface area contributed by atoms with E-state index >= 15 is 0 Å². The Hall–Kier alpha value is -1.86. The van der Waals surface area contributed by atoms with Crippen molar-refractivity contribution in [3.8, 4) is 6.07 Å². The quantitative estimate of drug-likeness (QED) is 0.616. The molecule has 0 aromatic carbocycles. The minimum atomic E-state index is -4.55. The van der Waals surface area contributed by atoms with Crippen molar-refractivity contribution in [1.82, 2.24) is 9.78 Å². The van der Waals surface area contributed by atoms with E-state index in [9.17, 15) is 23.2 Å². The van der Waals surface area contributed by atoms with Gasteiger partial charge in [-0.1, -0.05) is 0 Å². The van der Waals surface area contributed by atoms with Gasteiger partial charge in [-0.05, 0) is 60.0 Å². The summed E-state index contributed by atoms with van der Waals surface area (Å²) in [5.74, 6) is -0.285. The zero-order chi connectivity index (χ0) is 20.8. The van der Waals surface area contributed by atoms with Gasteiger partial charge in [-0.2, -0.15) is 23.5 Å². The fourth-order valence-electron chi connectivity index (χ4n) is 3.72. The SMILES string of the molecule is N#Cc1c(NC(=O)CCn2nc(C(F)(F)F)c(Br)c2C2CC2)sc2c1CCCC2. The number of nitrogens with zero attached hydrogens (tertiary/aromatic N) is 3. The maximum Gasteiger partial charge on any atom is 0.436 e. The molecule has 1 N–H and O–H groups in total. The van der Waals surface area contributed by atoms with Crippen LogP contribution in [0.4, 0.5) is 18.2 Å². The van der Waals surface area contributed by atoms with Crippen LogP contribution in [0.5, 0.6) is 0 Å². The number of nitriles is 1. The van der Waals surface area contributed by atoms with Crippen molar-refractivity contribution in [1.29, 1.82) is 5.26 Å². The van der Waals surface area contributed by atoms with Gasteiger partial charge in [0.05, 0.1) is 22.3 Å². The number of carbonyl (C=O) groups excluding carboxylic acids is 1. The molecule has 0 radical (unpaired) electrons. The standard InChI is InChI=1S/C19H18BrF3N4OS/c20-15-16(10-5-6-10)27(26-17(15)19(21,22)23)8-7-14(28)25-18-12(9-24)11-3-1-2-4-13(11)29-18/h10H,1-8H2,(H,25,28). The molecule has 5 nitrogen and oxygen atoms in total. The number of halogens is 4. The predicted molar refractivity (Wildman–Crippen MR) is 106 cm³/mol. The molecule has 154 valence electrons. The first-order chi connectivity index (χ1) is 13.8. The summed E-state index contributed by atoms with van der Waals surface area (Å²) in [6.07, 6.45) is 0.941. The molecule has 0 bridgehead atoms. The molecule has 2 heterocycles. The third kappa shape index (κ3) is 4.08. The van der Waals surface area contributed by atoms with E-state index in [1.165, 1.54) is 16.0 Å². The van der Waals surface area contributed by atoms with Gasteiger partial charge in [0.1, 0.15) is 11.1 Å². The van der Waals surface area contributed by atoms with Crippen LogP contribution >= 0.6 is 27.3 Å². The summed E-state index contributed by atoms with van der Waals surface area (Å²) in [4.78, 5) is 13.6. The Bertz CT molecular complexity index is 1000. The summed E-state index contributed by atoms with van der Waals surface area (Å²) in [6, 6.07) is 2.19. The highest BCUT2D eigenvalue weighted by Crippen LogP contribution is 2.47. The van der Waals surface area contributed by atoms with Crippen LogP contribution in [0.2, 0.25) is 0 Å². The lowest BCUT2D eigenvalue weighted by Crippen LogP contribution is -2.16. The zero-order valence-electron chi connectivity index (χ0n) is 15.4. The van der Waals surface area contributed by atoms with E-state index in [-0.39, 0.29) is 29.3 Å². The molecule has 29 heavy (non-hydrogen) atoms. The van der Waals surface area contributed by atoms with Gasteiger partial charge in [0.2, 0.25) is 5.91 Å². The van der Waals surface area contributed by atoms with E-state index in [1.54, 1.807) is 0 Å². The van der Waals surface area contributed by atoms with Crippen LogP contribution in [-0.2, 0) is 30.4 Å². The Labute approximate surface area is 178 Å². The molecule has 2 aliphatic carbocycles. The summed E-state index contributed by atoms with van der Waals surface area (Å²) >= 11 is 4.48. The molecule has 1 fully saturated rings. The number of hydrogen-bond donors (Lipinski definition) is 1. The highest BCUT2D eigenvalue weighted by atomic mass is 79.9. The van der Waals surface area contributed by atoms with Crippen LogP contribution in [0, 0.1) is 11.3 Å². The zero-order valence-corrected chi connectivity index (χ0v) is 17.8. The first kappa shape index (κ1) is 20.4. The summed E-state index contributed by atoms with van der Waals surface area (Å²) in [5.41, 5.74) is 1.12. The number of alkyl halides is 3. The van der Waals surface area contributed by atoms with Gasteiger partial charge in [0, 0.05) is 17.2 Å². The molecule has 1 amide bonds. The Morgan fingerprint density at radius 2 is 2.07 bits per heavy atom. The Kier molecular flexibility index (Phi) is 5.46. The van der Waals surface area contributed by atoms with Gasteiger partial charge < -0.3 is 5.32 Å². The Balaban J connectivity index is 1.49. The first-order valence-electron chi connectivity index (χ1n) is 9.47. The fraction of sp³-hybridized carbons (Fsp3) is 0.526. The summed E-state index contributed by atoms with van der Waals surface area (Å²) in [5, 5.41) is 16.5. The first-order valence-corrected chi connectivity index (χ1v) is 11.1. The second kappa shape index (κ2) is 7.76. The Morgan fingerprint density at radius 1 is 1.34 bits per heavy atom. The van der Waals surface area contributed by atoms with E-state index in [0.29, 0.717) is 16.3 Å². The number of carbonyl (C=O) groups is 1. The summed E-state index contributed by atoms with van der Waals surface area (Å²) in [6.45, 7) is 0.0549. The van der Waals surface area contributed by atoms with Crippen LogP contribution in [0.25, 0.3) is 0 Å². The molecular formula is C19H18BrF3N4OS. The van der Waals surface area contributed by atoms with Gasteiger partial charge in [-0.3, -0.25) is 9.48 Å². The number of amides is 1. The van der Waals surface area contributed by atoms with Crippen molar-refractivity contribution >= 4 is 38.2 Å². The lowest BCUT2D eigenvalue weighted by atomic mass is 9.96. The minimum Gasteiger partial charge on any atom is -0.317 e. The van der Waals surface area contributed by atoms with E-state index < -0.39 is 11.9 Å². The summed E-state index contributed by atoms with van der Waals surface area (Å²) < 4.78 is 40.9. The lowest BCUT2D eigenvalue weighted by molar-refractivity contribution is -0.142. The average Bonchev–Trinajstić information content (AvgIpc) is 3.34. The largest absolute Gasteiger partial charge is 0.436 e. The second-order valence-corrected chi connectivity index (χ2v) is 9.27. The number of anilines is 1. The van der Waals surface area contributed by atoms with Crippen LogP contribution in [-0.4, -0.2) is 15.7 Å². The number of nitrogens with one attached hydrogen (secondary N) is 1. The highest BCUT2D eigenvalue weighted by Gasteiger charge is 2.41. The van der Waals surface area contributed by atoms with Gasteiger partial charge in [0.15, 0.2) is 5.69 Å². The molecule has 10 heteroatoms. The minimum absolute atomic E-state index is 0.0153. The van der Waals surface area contributed by atoms with Crippen molar-refractivity contribution in [2.24, 2.45) is 0 Å². The third-order valence-corrected chi connectivity index (χ3v) is 7.24.